The Kier molecular flexibility index (Phi) is 10.2. The number of aliphatic hydroxyl groups is 1. The number of fused-ring (bicyclic) bond motifs is 1. The van der Waals surface area contributed by atoms with Gasteiger partial charge in [-0.2, -0.15) is 0 Å². The van der Waals surface area contributed by atoms with E-state index in [1.165, 1.54) is 30.4 Å². The minimum absolute atomic E-state index is 0. The van der Waals surface area contributed by atoms with E-state index in [-0.39, 0.29) is 45.5 Å². The van der Waals surface area contributed by atoms with Gasteiger partial charge in [-0.25, -0.2) is 0 Å². The summed E-state index contributed by atoms with van der Waals surface area (Å²) < 4.78 is 5.60. The minimum atomic E-state index is -0.522. The molecule has 2 aliphatic carbocycles. The molecule has 3 nitrogen and oxygen atoms in total. The van der Waals surface area contributed by atoms with E-state index in [9.17, 15) is 5.11 Å². The molecule has 2 saturated carbocycles. The zero-order valence-electron chi connectivity index (χ0n) is 16.6. The molecule has 0 amide bonds. The third kappa shape index (κ3) is 6.74. The van der Waals surface area contributed by atoms with Crippen molar-refractivity contribution in [2.45, 2.75) is 88.4 Å². The monoisotopic (exact) mass is 424 g/mol. The number of epoxide rings is 1. The zero-order chi connectivity index (χ0) is 17.4. The zero-order valence-corrected chi connectivity index (χ0v) is 20.2. The summed E-state index contributed by atoms with van der Waals surface area (Å²) in [5, 5.41) is 9.87. The van der Waals surface area contributed by atoms with Crippen LogP contribution in [0.2, 0.25) is 0 Å². The van der Waals surface area contributed by atoms with Crippen LogP contribution in [0.1, 0.15) is 66.2 Å². The van der Waals surface area contributed by atoms with E-state index >= 15 is 0 Å². The third-order valence-electron chi connectivity index (χ3n) is 6.08. The van der Waals surface area contributed by atoms with Crippen molar-refractivity contribution in [1.29, 1.82) is 0 Å². The summed E-state index contributed by atoms with van der Waals surface area (Å²) in [6.45, 7) is 16.3. The predicted octanol–water partition coefficient (Wildman–Crippen LogP) is 2.22. The summed E-state index contributed by atoms with van der Waals surface area (Å²) in [5.74, 6) is 1.32. The summed E-state index contributed by atoms with van der Waals surface area (Å²) >= 11 is 3.53. The van der Waals surface area contributed by atoms with Crippen molar-refractivity contribution in [2.24, 2.45) is 11.8 Å². The topological polar surface area (TPSA) is 62.8 Å². The van der Waals surface area contributed by atoms with E-state index < -0.39 is 5.60 Å². The van der Waals surface area contributed by atoms with Crippen LogP contribution in [-0.2, 0) is 4.74 Å². The minimum Gasteiger partial charge on any atom is -0.870 e. The van der Waals surface area contributed by atoms with Gasteiger partial charge in [0.2, 0.25) is 0 Å². The molecule has 3 rings (SSSR count). The van der Waals surface area contributed by atoms with E-state index in [2.05, 4.69) is 49.9 Å². The number of alkyl halides is 1. The van der Waals surface area contributed by atoms with Crippen molar-refractivity contribution in [2.75, 3.05) is 0 Å². The largest absolute Gasteiger partial charge is 1.00 e. The van der Waals surface area contributed by atoms with Crippen LogP contribution < -0.4 is 29.6 Å². The molecule has 2 N–H and O–H groups in total. The van der Waals surface area contributed by atoms with Crippen LogP contribution in [0, 0.1) is 11.8 Å². The van der Waals surface area contributed by atoms with Gasteiger partial charge in [0, 0.05) is 4.83 Å². The van der Waals surface area contributed by atoms with Crippen LogP contribution in [0.4, 0.5) is 0 Å². The van der Waals surface area contributed by atoms with Gasteiger partial charge in [-0.3, -0.25) is 0 Å². The number of allylic oxidation sites excluding steroid dienone is 2. The maximum absolute atomic E-state index is 9.87. The molecule has 1 heterocycles. The average molecular weight is 425 g/mol. The molecule has 140 valence electrons. The number of hydrogen-bond acceptors (Lipinski definition) is 3. The second kappa shape index (κ2) is 9.86. The number of hydrogen-bond donors (Lipinski definition) is 1. The van der Waals surface area contributed by atoms with E-state index in [1.54, 1.807) is 0 Å². The maximum Gasteiger partial charge on any atom is 1.00 e. The van der Waals surface area contributed by atoms with Gasteiger partial charge in [-0.15, -0.1) is 0 Å². The van der Waals surface area contributed by atoms with Gasteiger partial charge in [0.1, 0.15) is 0 Å². The summed E-state index contributed by atoms with van der Waals surface area (Å²) in [6.07, 6.45) is 7.24. The molecule has 0 radical (unpaired) electrons. The van der Waals surface area contributed by atoms with Crippen molar-refractivity contribution in [3.63, 3.8) is 0 Å². The second-order valence-corrected chi connectivity index (χ2v) is 9.48. The fraction of sp³-hybridized carbons (Fsp3) is 0.800. The summed E-state index contributed by atoms with van der Waals surface area (Å²) in [6, 6.07) is 0. The molecule has 6 atom stereocenters. The quantitative estimate of drug-likeness (QED) is 0.320. The van der Waals surface area contributed by atoms with E-state index in [4.69, 9.17) is 4.74 Å². The van der Waals surface area contributed by atoms with Crippen molar-refractivity contribution < 1.29 is 44.9 Å². The molecule has 1 saturated heterocycles. The van der Waals surface area contributed by atoms with Crippen LogP contribution in [0.25, 0.3) is 0 Å². The Morgan fingerprint density at radius 2 is 1.52 bits per heavy atom. The van der Waals surface area contributed by atoms with Gasteiger partial charge in [0.05, 0.1) is 17.3 Å². The van der Waals surface area contributed by atoms with Gasteiger partial charge >= 0.3 is 29.6 Å². The van der Waals surface area contributed by atoms with Crippen molar-refractivity contribution in [1.82, 2.24) is 0 Å². The standard InChI is InChI=1S/C10H17BrO.C10H16O.Na.H2O/c1-7(2)8-4-5-10(3,12)9(11)6-8;1-7(2)8-4-5-10(3)9(6-8)11-10;;/h8-9,12H,1,4-6H2,2-3H3;8-9H,1,4-6H2,2-3H3;;1H2/q;;+1;/p-1/t8-,9+,10+;8-,9?,10+;;/m11../s1. The molecular formula is C20H34BrNaO3. The number of ether oxygens (including phenoxy) is 1. The van der Waals surface area contributed by atoms with E-state index in [1.807, 2.05) is 6.92 Å². The summed E-state index contributed by atoms with van der Waals surface area (Å²) in [4.78, 5) is 0.223. The molecule has 3 fully saturated rings. The molecule has 1 aliphatic heterocycles. The van der Waals surface area contributed by atoms with Crippen LogP contribution in [-0.4, -0.2) is 32.7 Å². The SMILES string of the molecule is C=C(C)[C@@H]1CC[C@](C)(O)[C@@H](Br)C1.C=C(C)[C@@H]1CC[C@]2(C)OC2C1.[Na+].[OH-]. The van der Waals surface area contributed by atoms with Crippen LogP contribution in [0.15, 0.2) is 24.3 Å². The molecule has 0 bridgehead atoms. The van der Waals surface area contributed by atoms with Gasteiger partial charge in [0.15, 0.2) is 0 Å². The van der Waals surface area contributed by atoms with E-state index in [0.717, 1.165) is 25.2 Å². The molecule has 5 heteroatoms. The van der Waals surface area contributed by atoms with Crippen molar-refractivity contribution in [3.05, 3.63) is 24.3 Å². The van der Waals surface area contributed by atoms with Gasteiger partial charge in [-0.1, -0.05) is 40.2 Å². The summed E-state index contributed by atoms with van der Waals surface area (Å²) in [5.41, 5.74) is 2.33. The molecule has 25 heavy (non-hydrogen) atoms. The molecule has 0 aromatic heterocycles. The third-order valence-corrected chi connectivity index (χ3v) is 7.44. The molecule has 1 unspecified atom stereocenters. The Labute approximate surface area is 184 Å². The molecule has 0 aromatic rings. The maximum atomic E-state index is 9.87. The van der Waals surface area contributed by atoms with Gasteiger partial charge in [0.25, 0.3) is 0 Å². The summed E-state index contributed by atoms with van der Waals surface area (Å²) in [7, 11) is 0. The van der Waals surface area contributed by atoms with Crippen molar-refractivity contribution >= 4 is 15.9 Å². The molecule has 3 aliphatic rings. The van der Waals surface area contributed by atoms with Crippen molar-refractivity contribution in [3.8, 4) is 0 Å². The molecule has 0 spiro atoms. The van der Waals surface area contributed by atoms with Gasteiger partial charge in [-0.05, 0) is 78.1 Å². The van der Waals surface area contributed by atoms with Gasteiger partial charge < -0.3 is 15.3 Å². The Bertz CT molecular complexity index is 480. The van der Waals surface area contributed by atoms with Crippen LogP contribution >= 0.6 is 15.9 Å². The Morgan fingerprint density at radius 3 is 1.96 bits per heavy atom. The Morgan fingerprint density at radius 1 is 1.04 bits per heavy atom. The fourth-order valence-corrected chi connectivity index (χ4v) is 4.47. The number of halogens is 1. The Balaban J connectivity index is 0.000000427. The first-order valence-electron chi connectivity index (χ1n) is 8.90. The first-order valence-corrected chi connectivity index (χ1v) is 9.82. The van der Waals surface area contributed by atoms with Crippen LogP contribution in [0.5, 0.6) is 0 Å². The second-order valence-electron chi connectivity index (χ2n) is 8.38. The van der Waals surface area contributed by atoms with E-state index in [0.29, 0.717) is 12.0 Å². The Hall–Kier alpha value is 0.840. The predicted molar refractivity (Wildman–Crippen MR) is 103 cm³/mol. The average Bonchev–Trinajstić information content (AvgIpc) is 3.12. The fourth-order valence-electron chi connectivity index (χ4n) is 3.79. The number of rotatable bonds is 2. The first kappa shape index (κ1) is 25.8. The normalized spacial score (nSPS) is 41.7. The van der Waals surface area contributed by atoms with Crippen LogP contribution in [0.3, 0.4) is 0 Å². The smallest absolute Gasteiger partial charge is 0.870 e. The molecular weight excluding hydrogens is 391 g/mol. The first-order chi connectivity index (χ1) is 10.5. The molecule has 0 aromatic carbocycles.